The fraction of sp³-hybridized carbons (Fsp3) is 0.407. The first-order chi connectivity index (χ1) is 15.2. The second-order valence-electron chi connectivity index (χ2n) is 9.91. The molecule has 1 unspecified atom stereocenters. The van der Waals surface area contributed by atoms with Crippen LogP contribution in [0.1, 0.15) is 62.8 Å². The fourth-order valence-electron chi connectivity index (χ4n) is 5.51. The molecule has 33 heavy (non-hydrogen) atoms. The number of benzene rings is 2. The first-order valence-electron chi connectivity index (χ1n) is 11.1. The molecule has 3 aliphatic carbocycles. The number of hydrogen-bond donors (Lipinski definition) is 0. The topological polar surface area (TPSA) is 0 Å². The average molecular weight is 464 g/mol. The van der Waals surface area contributed by atoms with E-state index in [-0.39, 0.29) is 11.3 Å². The SMILES string of the molecule is CCCC1C=C2C(C(C)(C)C)=C1C2(c1ccc(C(F)(F)F)cc1)c1ccc(C(F)(F)F)cc1. The molecule has 0 amide bonds. The minimum absolute atomic E-state index is 0.115. The zero-order chi connectivity index (χ0) is 24.4. The molecule has 0 fully saturated rings. The molecule has 0 nitrogen and oxygen atoms in total. The van der Waals surface area contributed by atoms with E-state index in [1.807, 2.05) is 0 Å². The minimum Gasteiger partial charge on any atom is -0.166 e. The third-order valence-electron chi connectivity index (χ3n) is 6.73. The molecule has 5 rings (SSSR count). The molecule has 3 aliphatic rings. The molecule has 6 heteroatoms. The molecule has 0 aromatic heterocycles. The number of alkyl halides is 6. The maximum absolute atomic E-state index is 13.2. The maximum Gasteiger partial charge on any atom is 0.416 e. The molecule has 2 aromatic carbocycles. The van der Waals surface area contributed by atoms with Crippen LogP contribution in [0.25, 0.3) is 0 Å². The van der Waals surface area contributed by atoms with Gasteiger partial charge >= 0.3 is 12.4 Å². The highest BCUT2D eigenvalue weighted by Gasteiger charge is 2.60. The van der Waals surface area contributed by atoms with Gasteiger partial charge in [0, 0.05) is 5.92 Å². The van der Waals surface area contributed by atoms with Crippen LogP contribution in [0.5, 0.6) is 0 Å². The molecule has 0 saturated carbocycles. The zero-order valence-corrected chi connectivity index (χ0v) is 19.0. The second kappa shape index (κ2) is 7.51. The van der Waals surface area contributed by atoms with E-state index in [0.29, 0.717) is 11.1 Å². The Morgan fingerprint density at radius 2 is 1.15 bits per heavy atom. The Bertz CT molecular complexity index is 1050. The molecule has 0 heterocycles. The van der Waals surface area contributed by atoms with Gasteiger partial charge in [0.1, 0.15) is 0 Å². The molecule has 0 saturated heterocycles. The molecule has 1 atom stereocenters. The molecular formula is C27H26F6. The van der Waals surface area contributed by atoms with Crippen molar-refractivity contribution >= 4 is 0 Å². The van der Waals surface area contributed by atoms with Crippen molar-refractivity contribution in [2.75, 3.05) is 0 Å². The molecule has 176 valence electrons. The molecule has 2 aromatic rings. The van der Waals surface area contributed by atoms with E-state index in [1.165, 1.54) is 29.8 Å². The summed E-state index contributed by atoms with van der Waals surface area (Å²) in [6.45, 7) is 8.35. The van der Waals surface area contributed by atoms with Gasteiger partial charge in [-0.3, -0.25) is 0 Å². The van der Waals surface area contributed by atoms with Crippen LogP contribution in [0.2, 0.25) is 0 Å². The highest BCUT2D eigenvalue weighted by atomic mass is 19.4. The lowest BCUT2D eigenvalue weighted by molar-refractivity contribution is -0.138. The Morgan fingerprint density at radius 3 is 1.48 bits per heavy atom. The smallest absolute Gasteiger partial charge is 0.166 e. The third-order valence-corrected chi connectivity index (χ3v) is 6.73. The van der Waals surface area contributed by atoms with Crippen LogP contribution in [0.3, 0.4) is 0 Å². The van der Waals surface area contributed by atoms with Crippen molar-refractivity contribution < 1.29 is 26.3 Å². The van der Waals surface area contributed by atoms with Crippen LogP contribution in [0.15, 0.2) is 71.3 Å². The highest BCUT2D eigenvalue weighted by molar-refractivity contribution is 5.78. The molecule has 2 bridgehead atoms. The summed E-state index contributed by atoms with van der Waals surface area (Å²) in [6.07, 6.45) is -4.95. The second-order valence-corrected chi connectivity index (χ2v) is 9.91. The van der Waals surface area contributed by atoms with Crippen molar-refractivity contribution in [2.45, 2.75) is 58.3 Å². The zero-order valence-electron chi connectivity index (χ0n) is 19.0. The molecule has 0 aliphatic heterocycles. The quantitative estimate of drug-likeness (QED) is 0.397. The summed E-state index contributed by atoms with van der Waals surface area (Å²) in [5, 5.41) is 0. The summed E-state index contributed by atoms with van der Waals surface area (Å²) < 4.78 is 79.3. The number of halogens is 6. The predicted molar refractivity (Wildman–Crippen MR) is 117 cm³/mol. The van der Waals surface area contributed by atoms with Crippen LogP contribution in [0.4, 0.5) is 26.3 Å². The van der Waals surface area contributed by atoms with Gasteiger partial charge in [0.15, 0.2) is 0 Å². The Balaban J connectivity index is 1.94. The Hall–Kier alpha value is -2.50. The van der Waals surface area contributed by atoms with Crippen molar-refractivity contribution in [1.29, 1.82) is 0 Å². The fourth-order valence-corrected chi connectivity index (χ4v) is 5.51. The summed E-state index contributed by atoms with van der Waals surface area (Å²) in [4.78, 5) is 0. The number of hydrogen-bond acceptors (Lipinski definition) is 0. The summed E-state index contributed by atoms with van der Waals surface area (Å²) in [7, 11) is 0. The van der Waals surface area contributed by atoms with Gasteiger partial charge in [-0.25, -0.2) is 0 Å². The van der Waals surface area contributed by atoms with Gasteiger partial charge in [-0.2, -0.15) is 26.3 Å². The van der Waals surface area contributed by atoms with Gasteiger partial charge in [-0.05, 0) is 63.9 Å². The van der Waals surface area contributed by atoms with Crippen molar-refractivity contribution in [3.8, 4) is 0 Å². The third kappa shape index (κ3) is 3.62. The van der Waals surface area contributed by atoms with Gasteiger partial charge in [-0.15, -0.1) is 0 Å². The highest BCUT2D eigenvalue weighted by Crippen LogP contribution is 2.68. The van der Waals surface area contributed by atoms with Crippen molar-refractivity contribution in [1.82, 2.24) is 0 Å². The monoisotopic (exact) mass is 464 g/mol. The minimum atomic E-state index is -4.46. The van der Waals surface area contributed by atoms with Gasteiger partial charge in [0.2, 0.25) is 0 Å². The molecule has 0 N–H and O–H groups in total. The maximum atomic E-state index is 13.2. The van der Waals surface area contributed by atoms with E-state index in [9.17, 15) is 26.3 Å². The van der Waals surface area contributed by atoms with Crippen LogP contribution >= 0.6 is 0 Å². The molecule has 0 radical (unpaired) electrons. The van der Waals surface area contributed by atoms with Crippen LogP contribution in [-0.4, -0.2) is 0 Å². The van der Waals surface area contributed by atoms with Crippen LogP contribution in [-0.2, 0) is 17.8 Å². The summed E-state index contributed by atoms with van der Waals surface area (Å²) in [5.41, 5.74) is 2.08. The van der Waals surface area contributed by atoms with E-state index in [4.69, 9.17) is 0 Å². The number of rotatable bonds is 4. The van der Waals surface area contributed by atoms with Gasteiger partial charge in [-0.1, -0.05) is 64.5 Å². The van der Waals surface area contributed by atoms with Crippen LogP contribution < -0.4 is 0 Å². The normalized spacial score (nSPS) is 20.1. The Morgan fingerprint density at radius 1 is 0.727 bits per heavy atom. The van der Waals surface area contributed by atoms with Crippen LogP contribution in [0, 0.1) is 11.3 Å². The van der Waals surface area contributed by atoms with E-state index in [0.717, 1.165) is 48.3 Å². The Kier molecular flexibility index (Phi) is 5.38. The Labute approximate surface area is 190 Å². The van der Waals surface area contributed by atoms with E-state index < -0.39 is 28.9 Å². The lowest BCUT2D eigenvalue weighted by Crippen LogP contribution is -2.43. The van der Waals surface area contributed by atoms with Gasteiger partial charge in [0.05, 0.1) is 16.5 Å². The molecule has 0 spiro atoms. The first-order valence-corrected chi connectivity index (χ1v) is 11.1. The molecular weight excluding hydrogens is 438 g/mol. The lowest BCUT2D eigenvalue weighted by Gasteiger charge is -2.51. The van der Waals surface area contributed by atoms with Crippen molar-refractivity contribution in [3.05, 3.63) is 93.6 Å². The predicted octanol–water partition coefficient (Wildman–Crippen LogP) is 8.72. The summed E-state index contributed by atoms with van der Waals surface area (Å²) in [6, 6.07) is 10.1. The lowest BCUT2D eigenvalue weighted by atomic mass is 9.51. The average Bonchev–Trinajstić information content (AvgIpc) is 3.23. The summed E-state index contributed by atoms with van der Waals surface area (Å²) in [5.74, 6) is 0.115. The van der Waals surface area contributed by atoms with Crippen molar-refractivity contribution in [3.63, 3.8) is 0 Å². The van der Waals surface area contributed by atoms with E-state index in [1.54, 1.807) is 0 Å². The first kappa shape index (κ1) is 23.7. The van der Waals surface area contributed by atoms with E-state index in [2.05, 4.69) is 33.8 Å². The van der Waals surface area contributed by atoms with Gasteiger partial charge in [0.25, 0.3) is 0 Å². The largest absolute Gasteiger partial charge is 0.416 e. The standard InChI is InChI=1S/C27H26F6/c1-5-6-16-15-21-23(24(2,3)4)22(16)25(21,17-7-11-19(12-8-17)26(28,29)30)18-9-13-20(14-10-18)27(31,32)33/h7-16H,5-6H2,1-4H3. The number of allylic oxidation sites excluding steroid dienone is 4. The van der Waals surface area contributed by atoms with Gasteiger partial charge < -0.3 is 0 Å². The summed E-state index contributed by atoms with van der Waals surface area (Å²) >= 11 is 0. The van der Waals surface area contributed by atoms with Crippen molar-refractivity contribution in [2.24, 2.45) is 11.3 Å². The van der Waals surface area contributed by atoms with E-state index >= 15 is 0 Å². The number of fused-ring (bicyclic) bond motifs is 1.